The van der Waals surface area contributed by atoms with Gasteiger partial charge in [0.2, 0.25) is 11.7 Å². The first-order valence-electron chi connectivity index (χ1n) is 6.53. The molecule has 0 saturated carbocycles. The fourth-order valence-electron chi connectivity index (χ4n) is 2.46. The zero-order valence-electron chi connectivity index (χ0n) is 11.4. The highest BCUT2D eigenvalue weighted by atomic mass is 35.5. The zero-order chi connectivity index (χ0) is 14.3. The second-order valence-corrected chi connectivity index (χ2v) is 5.49. The average Bonchev–Trinajstić information content (AvgIpc) is 2.76. The molecule has 3 heterocycles. The Hall–Kier alpha value is -1.88. The molecule has 0 bridgehead atoms. The van der Waals surface area contributed by atoms with Crippen LogP contribution in [0.1, 0.15) is 19.7 Å². The normalized spacial score (nSPS) is 11.8. The summed E-state index contributed by atoms with van der Waals surface area (Å²) in [6.45, 7) is 5.07. The van der Waals surface area contributed by atoms with Crippen LogP contribution in [-0.2, 0) is 12.4 Å². The lowest BCUT2D eigenvalue weighted by Gasteiger charge is -2.11. The fraction of sp³-hybridized carbons (Fsp3) is 0.357. The summed E-state index contributed by atoms with van der Waals surface area (Å²) in [5, 5.41) is 12.0. The lowest BCUT2D eigenvalue weighted by Crippen LogP contribution is -2.26. The molecule has 0 aliphatic carbocycles. The van der Waals surface area contributed by atoms with Crippen molar-refractivity contribution >= 4 is 33.7 Å². The number of alkyl halides is 1. The molecule has 0 atom stereocenters. The van der Waals surface area contributed by atoms with Crippen molar-refractivity contribution in [1.82, 2.24) is 14.5 Å². The van der Waals surface area contributed by atoms with E-state index >= 15 is 0 Å². The molecule has 0 spiro atoms. The summed E-state index contributed by atoms with van der Waals surface area (Å²) in [6.07, 6.45) is 3.18. The van der Waals surface area contributed by atoms with Crippen molar-refractivity contribution in [3.63, 3.8) is 0 Å². The van der Waals surface area contributed by atoms with Crippen LogP contribution in [0.2, 0.25) is 0 Å². The first-order chi connectivity index (χ1) is 9.61. The number of imidazole rings is 1. The first-order valence-corrected chi connectivity index (χ1v) is 7.07. The van der Waals surface area contributed by atoms with Crippen LogP contribution in [0.15, 0.2) is 24.5 Å². The number of aromatic nitrogens is 4. The predicted molar refractivity (Wildman–Crippen MR) is 78.4 cm³/mol. The summed E-state index contributed by atoms with van der Waals surface area (Å²) in [6, 6.07) is 3.52. The van der Waals surface area contributed by atoms with Gasteiger partial charge < -0.3 is 9.77 Å². The Morgan fingerprint density at radius 2 is 2.25 bits per heavy atom. The fourth-order valence-corrected chi connectivity index (χ4v) is 2.66. The predicted octanol–water partition coefficient (Wildman–Crippen LogP) is 2.61. The van der Waals surface area contributed by atoms with Gasteiger partial charge in [-0.25, -0.2) is 9.97 Å². The molecule has 0 aromatic carbocycles. The molecule has 3 aromatic rings. The number of hydrogen-bond donors (Lipinski definition) is 0. The Balaban J connectivity index is 2.43. The molecule has 0 N–H and O–H groups in total. The minimum absolute atomic E-state index is 0.314. The average molecular weight is 291 g/mol. The lowest BCUT2D eigenvalue weighted by molar-refractivity contribution is -0.575. The highest BCUT2D eigenvalue weighted by Gasteiger charge is 2.19. The number of rotatable bonds is 3. The number of hydrogen-bond acceptors (Lipinski definition) is 3. The smallest absolute Gasteiger partial charge is 0.244 e. The molecule has 0 aliphatic heterocycles. The van der Waals surface area contributed by atoms with Crippen molar-refractivity contribution < 1.29 is 4.73 Å². The maximum atomic E-state index is 12.0. The molecule has 3 rings (SSSR count). The van der Waals surface area contributed by atoms with E-state index in [1.807, 2.05) is 0 Å². The van der Waals surface area contributed by atoms with Crippen molar-refractivity contribution in [2.45, 2.75) is 26.3 Å². The minimum atomic E-state index is 0.314. The van der Waals surface area contributed by atoms with Crippen LogP contribution in [0.4, 0.5) is 0 Å². The Labute approximate surface area is 121 Å². The SMILES string of the molecule is CC(C)Cn1c(CCl)nc2c[n+]([O-])c3cccnc3c21. The van der Waals surface area contributed by atoms with Crippen LogP contribution in [0.5, 0.6) is 0 Å². The number of pyridine rings is 2. The summed E-state index contributed by atoms with van der Waals surface area (Å²) in [4.78, 5) is 8.83. The third kappa shape index (κ3) is 1.98. The standard InChI is InChI=1S/C14H15ClN4O/c1-9(2)7-18-12(6-15)17-10-8-19(20)11-4-3-5-16-13(11)14(10)18/h3-5,8-9H,6-7H2,1-2H3. The van der Waals surface area contributed by atoms with Crippen LogP contribution in [-0.4, -0.2) is 14.5 Å². The van der Waals surface area contributed by atoms with Gasteiger partial charge in [0.05, 0.1) is 5.88 Å². The van der Waals surface area contributed by atoms with E-state index in [1.165, 1.54) is 6.20 Å². The minimum Gasteiger partial charge on any atom is -0.618 e. The Bertz CT molecular complexity index is 782. The molecule has 0 saturated heterocycles. The van der Waals surface area contributed by atoms with Gasteiger partial charge in [-0.3, -0.25) is 0 Å². The van der Waals surface area contributed by atoms with Crippen molar-refractivity contribution in [2.24, 2.45) is 5.92 Å². The van der Waals surface area contributed by atoms with Crippen molar-refractivity contribution in [3.05, 3.63) is 35.6 Å². The van der Waals surface area contributed by atoms with Crippen LogP contribution < -0.4 is 4.73 Å². The second-order valence-electron chi connectivity index (χ2n) is 5.23. The molecule has 0 radical (unpaired) electrons. The van der Waals surface area contributed by atoms with Crippen LogP contribution in [0.3, 0.4) is 0 Å². The van der Waals surface area contributed by atoms with Crippen molar-refractivity contribution in [3.8, 4) is 0 Å². The van der Waals surface area contributed by atoms with Gasteiger partial charge in [0.25, 0.3) is 0 Å². The van der Waals surface area contributed by atoms with Crippen LogP contribution in [0, 0.1) is 11.1 Å². The zero-order valence-corrected chi connectivity index (χ0v) is 12.1. The summed E-state index contributed by atoms with van der Waals surface area (Å²) in [5.41, 5.74) is 2.75. The van der Waals surface area contributed by atoms with Crippen LogP contribution >= 0.6 is 11.6 Å². The summed E-state index contributed by atoms with van der Waals surface area (Å²) in [7, 11) is 0. The molecule has 0 aliphatic rings. The molecule has 0 unspecified atom stereocenters. The summed E-state index contributed by atoms with van der Waals surface area (Å²) in [5.74, 6) is 1.54. The van der Waals surface area contributed by atoms with Crippen LogP contribution in [0.25, 0.3) is 22.1 Å². The van der Waals surface area contributed by atoms with E-state index in [0.29, 0.717) is 28.3 Å². The quantitative estimate of drug-likeness (QED) is 0.423. The Morgan fingerprint density at radius 3 is 2.95 bits per heavy atom. The topological polar surface area (TPSA) is 57.6 Å². The molecule has 0 fully saturated rings. The van der Waals surface area contributed by atoms with Gasteiger partial charge >= 0.3 is 0 Å². The maximum Gasteiger partial charge on any atom is 0.244 e. The third-order valence-corrected chi connectivity index (χ3v) is 3.47. The summed E-state index contributed by atoms with van der Waals surface area (Å²) < 4.78 is 2.89. The van der Waals surface area contributed by atoms with Gasteiger partial charge in [-0.05, 0) is 12.0 Å². The third-order valence-electron chi connectivity index (χ3n) is 3.23. The first kappa shape index (κ1) is 13.1. The van der Waals surface area contributed by atoms with Gasteiger partial charge in [-0.15, -0.1) is 11.6 Å². The molecule has 104 valence electrons. The van der Waals surface area contributed by atoms with E-state index in [1.54, 1.807) is 18.3 Å². The van der Waals surface area contributed by atoms with E-state index in [0.717, 1.165) is 22.6 Å². The molecular formula is C14H15ClN4O. The van der Waals surface area contributed by atoms with Gasteiger partial charge in [0.1, 0.15) is 11.3 Å². The number of halogens is 1. The Kier molecular flexibility index (Phi) is 3.22. The van der Waals surface area contributed by atoms with E-state index in [2.05, 4.69) is 28.4 Å². The monoisotopic (exact) mass is 290 g/mol. The molecular weight excluding hydrogens is 276 g/mol. The highest BCUT2D eigenvalue weighted by molar-refractivity contribution is 6.17. The maximum absolute atomic E-state index is 12.0. The molecule has 6 heteroatoms. The van der Waals surface area contributed by atoms with Crippen molar-refractivity contribution in [1.29, 1.82) is 0 Å². The van der Waals surface area contributed by atoms with Crippen molar-refractivity contribution in [2.75, 3.05) is 0 Å². The molecule has 5 nitrogen and oxygen atoms in total. The summed E-state index contributed by atoms with van der Waals surface area (Å²) >= 11 is 5.99. The Morgan fingerprint density at radius 1 is 1.45 bits per heavy atom. The lowest BCUT2D eigenvalue weighted by atomic mass is 10.2. The molecule has 0 amide bonds. The number of nitrogens with zero attached hydrogens (tertiary/aromatic N) is 4. The number of fused-ring (bicyclic) bond motifs is 3. The van der Waals surface area contributed by atoms with E-state index in [-0.39, 0.29) is 0 Å². The highest BCUT2D eigenvalue weighted by Crippen LogP contribution is 2.24. The second kappa shape index (κ2) is 4.90. The largest absolute Gasteiger partial charge is 0.618 e. The van der Waals surface area contributed by atoms with Gasteiger partial charge in [-0.1, -0.05) is 13.8 Å². The van der Waals surface area contributed by atoms with Gasteiger partial charge in [-0.2, -0.15) is 4.73 Å². The van der Waals surface area contributed by atoms with Gasteiger partial charge in [0, 0.05) is 18.8 Å². The molecule has 20 heavy (non-hydrogen) atoms. The van der Waals surface area contributed by atoms with E-state index < -0.39 is 0 Å². The molecule has 3 aromatic heterocycles. The van der Waals surface area contributed by atoms with E-state index in [9.17, 15) is 5.21 Å². The van der Waals surface area contributed by atoms with E-state index in [4.69, 9.17) is 11.6 Å². The van der Waals surface area contributed by atoms with Gasteiger partial charge in [0.15, 0.2) is 11.0 Å².